The molecule has 1 saturated heterocycles. The highest BCUT2D eigenvalue weighted by Gasteiger charge is 2.24. The summed E-state index contributed by atoms with van der Waals surface area (Å²) in [5.41, 5.74) is 0. The van der Waals surface area contributed by atoms with Crippen LogP contribution in [0.3, 0.4) is 0 Å². The number of likely N-dealkylation sites (tertiary alicyclic amines) is 1. The van der Waals surface area contributed by atoms with Crippen molar-refractivity contribution in [2.24, 2.45) is 0 Å². The van der Waals surface area contributed by atoms with E-state index in [-0.39, 0.29) is 11.1 Å². The molecular weight excluding hydrogens is 228 g/mol. The van der Waals surface area contributed by atoms with Crippen LogP contribution in [0.1, 0.15) is 12.8 Å². The zero-order chi connectivity index (χ0) is 11.6. The van der Waals surface area contributed by atoms with E-state index in [0.29, 0.717) is 0 Å². The van der Waals surface area contributed by atoms with E-state index in [2.05, 4.69) is 19.6 Å². The van der Waals surface area contributed by atoms with Crippen molar-refractivity contribution in [3.05, 3.63) is 12.5 Å². The van der Waals surface area contributed by atoms with Gasteiger partial charge in [0.15, 0.2) is 5.03 Å². The molecule has 2 N–H and O–H groups in total. The highest BCUT2D eigenvalue weighted by Crippen LogP contribution is 2.11. The van der Waals surface area contributed by atoms with Gasteiger partial charge in [-0.1, -0.05) is 0 Å². The number of aromatic amines is 1. The Balaban J connectivity index is 2.04. The Kier molecular flexibility index (Phi) is 3.27. The molecule has 0 aliphatic carbocycles. The minimum Gasteiger partial charge on any atom is -0.335 e. The third kappa shape index (κ3) is 2.60. The van der Waals surface area contributed by atoms with Crippen molar-refractivity contribution in [2.45, 2.75) is 23.9 Å². The van der Waals surface area contributed by atoms with Gasteiger partial charge in [0.05, 0.1) is 12.5 Å². The lowest BCUT2D eigenvalue weighted by molar-refractivity contribution is 0.242. The first-order chi connectivity index (χ1) is 7.58. The fraction of sp³-hybridized carbons (Fsp3) is 0.667. The van der Waals surface area contributed by atoms with Gasteiger partial charge in [-0.2, -0.15) is 0 Å². The zero-order valence-electron chi connectivity index (χ0n) is 9.18. The smallest absolute Gasteiger partial charge is 0.257 e. The number of piperidine rings is 1. The zero-order valence-corrected chi connectivity index (χ0v) is 10.00. The van der Waals surface area contributed by atoms with Gasteiger partial charge < -0.3 is 9.88 Å². The van der Waals surface area contributed by atoms with Crippen LogP contribution in [0.2, 0.25) is 0 Å². The summed E-state index contributed by atoms with van der Waals surface area (Å²) in [7, 11) is -1.44. The van der Waals surface area contributed by atoms with E-state index in [4.69, 9.17) is 0 Å². The molecule has 1 atom stereocenters. The van der Waals surface area contributed by atoms with Crippen LogP contribution in [0.15, 0.2) is 17.6 Å². The fourth-order valence-electron chi connectivity index (χ4n) is 1.94. The predicted octanol–water partition coefficient (Wildman–Crippen LogP) is -0.218. The third-order valence-corrected chi connectivity index (χ3v) is 4.15. The molecular formula is C9H16N4O2S. The molecule has 2 heterocycles. The topological polar surface area (TPSA) is 78.1 Å². The van der Waals surface area contributed by atoms with Gasteiger partial charge >= 0.3 is 0 Å². The van der Waals surface area contributed by atoms with Crippen LogP contribution >= 0.6 is 0 Å². The van der Waals surface area contributed by atoms with Gasteiger partial charge in [-0.05, 0) is 26.4 Å². The van der Waals surface area contributed by atoms with Gasteiger partial charge in [0, 0.05) is 12.6 Å². The molecule has 1 unspecified atom stereocenters. The maximum Gasteiger partial charge on any atom is 0.257 e. The van der Waals surface area contributed by atoms with Gasteiger partial charge in [0.1, 0.15) is 0 Å². The molecule has 0 bridgehead atoms. The highest BCUT2D eigenvalue weighted by atomic mass is 32.2. The number of nitrogens with zero attached hydrogens (tertiary/aromatic N) is 2. The van der Waals surface area contributed by atoms with Crippen LogP contribution in [-0.2, 0) is 10.0 Å². The number of imidazole rings is 1. The standard InChI is InChI=1S/C9H16N4O2S/c1-13-4-2-3-8(6-13)12-16(14,15)9-5-10-7-11-9/h5,7-8,12H,2-4,6H2,1H3,(H,10,11). The lowest BCUT2D eigenvalue weighted by atomic mass is 10.1. The van der Waals surface area contributed by atoms with Crippen LogP contribution in [0.25, 0.3) is 0 Å². The number of nitrogens with one attached hydrogen (secondary N) is 2. The van der Waals surface area contributed by atoms with Gasteiger partial charge in [0.25, 0.3) is 10.0 Å². The van der Waals surface area contributed by atoms with E-state index in [1.165, 1.54) is 12.5 Å². The molecule has 1 aromatic heterocycles. The second-order valence-corrected chi connectivity index (χ2v) is 5.82. The maximum absolute atomic E-state index is 11.9. The summed E-state index contributed by atoms with van der Waals surface area (Å²) < 4.78 is 26.4. The summed E-state index contributed by atoms with van der Waals surface area (Å²) in [6.45, 7) is 1.79. The fourth-order valence-corrected chi connectivity index (χ4v) is 3.10. The Morgan fingerprint density at radius 1 is 1.62 bits per heavy atom. The first-order valence-electron chi connectivity index (χ1n) is 5.27. The monoisotopic (exact) mass is 244 g/mol. The molecule has 1 aliphatic heterocycles. The molecule has 0 saturated carbocycles. The highest BCUT2D eigenvalue weighted by molar-refractivity contribution is 7.89. The van der Waals surface area contributed by atoms with E-state index in [1.54, 1.807) is 0 Å². The van der Waals surface area contributed by atoms with Crippen molar-refractivity contribution >= 4 is 10.0 Å². The molecule has 0 amide bonds. The summed E-state index contributed by atoms with van der Waals surface area (Å²) >= 11 is 0. The summed E-state index contributed by atoms with van der Waals surface area (Å²) in [6.07, 6.45) is 4.58. The van der Waals surface area contributed by atoms with Crippen LogP contribution in [0.5, 0.6) is 0 Å². The van der Waals surface area contributed by atoms with Crippen molar-refractivity contribution in [1.29, 1.82) is 0 Å². The van der Waals surface area contributed by atoms with E-state index in [1.807, 2.05) is 7.05 Å². The van der Waals surface area contributed by atoms with Crippen LogP contribution < -0.4 is 4.72 Å². The van der Waals surface area contributed by atoms with Crippen molar-refractivity contribution in [3.63, 3.8) is 0 Å². The molecule has 0 aromatic carbocycles. The number of hydrogen-bond acceptors (Lipinski definition) is 4. The average Bonchev–Trinajstić information content (AvgIpc) is 2.69. The molecule has 2 rings (SSSR count). The third-order valence-electron chi connectivity index (χ3n) is 2.71. The van der Waals surface area contributed by atoms with Crippen molar-refractivity contribution in [1.82, 2.24) is 19.6 Å². The number of H-pyrrole nitrogens is 1. The van der Waals surface area contributed by atoms with E-state index in [0.717, 1.165) is 25.9 Å². The van der Waals surface area contributed by atoms with Gasteiger partial charge in [0.2, 0.25) is 0 Å². The predicted molar refractivity (Wildman–Crippen MR) is 59.4 cm³/mol. The summed E-state index contributed by atoms with van der Waals surface area (Å²) in [4.78, 5) is 8.44. The Hall–Kier alpha value is -0.920. The number of aromatic nitrogens is 2. The van der Waals surface area contributed by atoms with Crippen LogP contribution in [0.4, 0.5) is 0 Å². The van der Waals surface area contributed by atoms with E-state index in [9.17, 15) is 8.42 Å². The summed E-state index contributed by atoms with van der Waals surface area (Å²) in [5, 5.41) is 0.126. The lowest BCUT2D eigenvalue weighted by Crippen LogP contribution is -2.46. The minimum atomic E-state index is -3.43. The molecule has 16 heavy (non-hydrogen) atoms. The Labute approximate surface area is 95.1 Å². The van der Waals surface area contributed by atoms with E-state index < -0.39 is 10.0 Å². The maximum atomic E-state index is 11.9. The first-order valence-corrected chi connectivity index (χ1v) is 6.75. The normalized spacial score (nSPS) is 23.4. The molecule has 0 radical (unpaired) electrons. The number of hydrogen-bond donors (Lipinski definition) is 2. The second kappa shape index (κ2) is 4.52. The van der Waals surface area contributed by atoms with Gasteiger partial charge in [-0.3, -0.25) is 0 Å². The van der Waals surface area contributed by atoms with E-state index >= 15 is 0 Å². The molecule has 1 fully saturated rings. The molecule has 6 nitrogen and oxygen atoms in total. The molecule has 7 heteroatoms. The number of rotatable bonds is 3. The molecule has 0 spiro atoms. The van der Waals surface area contributed by atoms with Crippen LogP contribution in [0, 0.1) is 0 Å². The Bertz CT molecular complexity index is 428. The second-order valence-electron chi connectivity index (χ2n) is 4.14. The van der Waals surface area contributed by atoms with Crippen molar-refractivity contribution in [2.75, 3.05) is 20.1 Å². The number of sulfonamides is 1. The number of likely N-dealkylation sites (N-methyl/N-ethyl adjacent to an activating group) is 1. The lowest BCUT2D eigenvalue weighted by Gasteiger charge is -2.29. The van der Waals surface area contributed by atoms with Crippen LogP contribution in [-0.4, -0.2) is 49.5 Å². The van der Waals surface area contributed by atoms with Gasteiger partial charge in [-0.15, -0.1) is 0 Å². The molecule has 90 valence electrons. The van der Waals surface area contributed by atoms with Crippen molar-refractivity contribution in [3.8, 4) is 0 Å². The average molecular weight is 244 g/mol. The minimum absolute atomic E-state index is 0.00736. The molecule has 1 aliphatic rings. The Morgan fingerprint density at radius 3 is 3.06 bits per heavy atom. The quantitative estimate of drug-likeness (QED) is 0.770. The molecule has 1 aromatic rings. The summed E-state index contributed by atoms with van der Waals surface area (Å²) in [5.74, 6) is 0. The summed E-state index contributed by atoms with van der Waals surface area (Å²) in [6, 6.07) is -0.00736. The SMILES string of the molecule is CN1CCCC(NS(=O)(=O)c2cnc[nH]2)C1. The van der Waals surface area contributed by atoms with Gasteiger partial charge in [-0.25, -0.2) is 18.1 Å². The first kappa shape index (κ1) is 11.6. The largest absolute Gasteiger partial charge is 0.335 e. The Morgan fingerprint density at radius 2 is 2.44 bits per heavy atom. The van der Waals surface area contributed by atoms with Crippen molar-refractivity contribution < 1.29 is 8.42 Å².